The first-order valence-corrected chi connectivity index (χ1v) is 13.9. The van der Waals surface area contributed by atoms with Crippen LogP contribution in [0.15, 0.2) is 80.5 Å². The molecule has 0 saturated heterocycles. The summed E-state index contributed by atoms with van der Waals surface area (Å²) in [5, 5.41) is 3.72. The first-order valence-electron chi connectivity index (χ1n) is 13.9. The van der Waals surface area contributed by atoms with Gasteiger partial charge in [-0.1, -0.05) is 23.8 Å². The van der Waals surface area contributed by atoms with Gasteiger partial charge in [0.05, 0.1) is 43.0 Å². The number of allylic oxidation sites excluding steroid dienone is 3. The van der Waals surface area contributed by atoms with Crippen molar-refractivity contribution in [3.63, 3.8) is 0 Å². The van der Waals surface area contributed by atoms with Crippen molar-refractivity contribution < 1.29 is 28.2 Å². The van der Waals surface area contributed by atoms with Crippen LogP contribution >= 0.6 is 0 Å². The summed E-state index contributed by atoms with van der Waals surface area (Å²) in [6.07, 6.45) is 2.13. The molecule has 8 nitrogen and oxygen atoms in total. The molecule has 8 heteroatoms. The highest BCUT2D eigenvalue weighted by Gasteiger charge is 2.43. The van der Waals surface area contributed by atoms with Gasteiger partial charge in [-0.25, -0.2) is 4.79 Å². The molecule has 0 saturated carbocycles. The van der Waals surface area contributed by atoms with Crippen LogP contribution in [-0.4, -0.2) is 38.2 Å². The van der Waals surface area contributed by atoms with Gasteiger partial charge in [0.1, 0.15) is 17.9 Å². The van der Waals surface area contributed by atoms with Crippen molar-refractivity contribution in [1.29, 1.82) is 0 Å². The Morgan fingerprint density at radius 3 is 2.63 bits per heavy atom. The fourth-order valence-corrected chi connectivity index (χ4v) is 5.71. The van der Waals surface area contributed by atoms with E-state index in [0.29, 0.717) is 34.4 Å². The molecule has 1 aliphatic carbocycles. The van der Waals surface area contributed by atoms with Crippen LogP contribution in [0.1, 0.15) is 62.1 Å². The molecule has 3 aromatic rings. The lowest BCUT2D eigenvalue weighted by Crippen LogP contribution is -2.37. The highest BCUT2D eigenvalue weighted by Crippen LogP contribution is 2.45. The number of rotatable bonds is 8. The predicted molar refractivity (Wildman–Crippen MR) is 155 cm³/mol. The van der Waals surface area contributed by atoms with E-state index in [4.69, 9.17) is 18.6 Å². The first-order chi connectivity index (χ1) is 19.7. The fourth-order valence-electron chi connectivity index (χ4n) is 5.71. The number of ketones is 1. The Balaban J connectivity index is 1.59. The number of benzene rings is 2. The molecule has 2 heterocycles. The second-order valence-corrected chi connectivity index (χ2v) is 10.9. The fraction of sp³-hybridized carbons (Fsp3) is 0.364. The maximum atomic E-state index is 13.9. The van der Waals surface area contributed by atoms with E-state index in [1.165, 1.54) is 6.26 Å². The second kappa shape index (κ2) is 11.7. The average molecular weight is 558 g/mol. The van der Waals surface area contributed by atoms with Crippen molar-refractivity contribution in [3.8, 4) is 5.75 Å². The summed E-state index contributed by atoms with van der Waals surface area (Å²) in [4.78, 5) is 41.4. The number of nitrogens with one attached hydrogen (secondary N) is 1. The van der Waals surface area contributed by atoms with Crippen molar-refractivity contribution in [2.24, 2.45) is 0 Å². The van der Waals surface area contributed by atoms with E-state index in [-0.39, 0.29) is 54.0 Å². The molecule has 1 N–H and O–H groups in total. The average Bonchev–Trinajstić information content (AvgIpc) is 2.95. The quantitative estimate of drug-likeness (QED) is 0.289. The summed E-state index contributed by atoms with van der Waals surface area (Å²) in [5.74, 6) is -1.04. The first kappa shape index (κ1) is 28.4. The molecule has 2 aromatic carbocycles. The van der Waals surface area contributed by atoms with Crippen molar-refractivity contribution in [1.82, 2.24) is 5.32 Å². The molecule has 1 aromatic heterocycles. The lowest BCUT2D eigenvalue weighted by atomic mass is 9.72. The zero-order valence-corrected chi connectivity index (χ0v) is 24.0. The van der Waals surface area contributed by atoms with Gasteiger partial charge in [-0.05, 0) is 69.9 Å². The van der Waals surface area contributed by atoms with E-state index in [9.17, 15) is 14.4 Å². The molecule has 2 atom stereocenters. The smallest absolute Gasteiger partial charge is 0.336 e. The molecule has 0 radical (unpaired) electrons. The van der Waals surface area contributed by atoms with Crippen LogP contribution in [-0.2, 0) is 19.1 Å². The standard InChI is InChI=1S/C33H35NO7/c1-18(2)39-11-12-40-33(37)29-20(4)34-26-15-22(21-7-6-8-23(14-21)38-5)16-27(35)31(26)30(29)25-17-41-28-10-9-19(3)13-24(28)32(25)36/h6-10,13-14,17-18,22,30,34H,11-12,15-16H2,1-5H3/t22-,30+/m1/s1. The minimum absolute atomic E-state index is 0.00505. The van der Waals surface area contributed by atoms with Crippen molar-refractivity contribution in [2.45, 2.75) is 58.5 Å². The van der Waals surface area contributed by atoms with E-state index in [0.717, 1.165) is 16.9 Å². The molecule has 0 fully saturated rings. The zero-order valence-electron chi connectivity index (χ0n) is 24.0. The molecule has 214 valence electrons. The summed E-state index contributed by atoms with van der Waals surface area (Å²) >= 11 is 0. The van der Waals surface area contributed by atoms with Crippen molar-refractivity contribution in [2.75, 3.05) is 20.3 Å². The minimum Gasteiger partial charge on any atom is -0.497 e. The topological polar surface area (TPSA) is 104 Å². The molecule has 5 rings (SSSR count). The Kier molecular flexibility index (Phi) is 8.13. The van der Waals surface area contributed by atoms with E-state index in [2.05, 4.69) is 5.32 Å². The van der Waals surface area contributed by atoms with Crippen LogP contribution in [0.5, 0.6) is 5.75 Å². The summed E-state index contributed by atoms with van der Waals surface area (Å²) < 4.78 is 22.4. The third kappa shape index (κ3) is 5.70. The number of ether oxygens (including phenoxy) is 3. The third-order valence-corrected chi connectivity index (χ3v) is 7.65. The SMILES string of the molecule is COc1cccc([C@H]2CC(=O)C3=C(C2)NC(C)=C(C(=O)OCCOC(C)C)[C@@H]3c2coc3ccc(C)cc3c2=O)c1. The Morgan fingerprint density at radius 1 is 1.07 bits per heavy atom. The van der Waals surface area contributed by atoms with Crippen LogP contribution in [0.2, 0.25) is 0 Å². The van der Waals surface area contributed by atoms with Gasteiger partial charge in [-0.3, -0.25) is 9.59 Å². The van der Waals surface area contributed by atoms with Crippen LogP contribution in [0, 0.1) is 6.92 Å². The van der Waals surface area contributed by atoms with Crippen LogP contribution < -0.4 is 15.5 Å². The van der Waals surface area contributed by atoms with E-state index in [1.54, 1.807) is 26.2 Å². The van der Waals surface area contributed by atoms with Crippen LogP contribution in [0.4, 0.5) is 0 Å². The van der Waals surface area contributed by atoms with Crippen LogP contribution in [0.25, 0.3) is 11.0 Å². The Labute approximate surface area is 239 Å². The number of methoxy groups -OCH3 is 1. The second-order valence-electron chi connectivity index (χ2n) is 10.9. The van der Waals surface area contributed by atoms with Crippen molar-refractivity contribution >= 4 is 22.7 Å². The van der Waals surface area contributed by atoms with Gasteiger partial charge in [0.15, 0.2) is 11.2 Å². The number of esters is 1. The van der Waals surface area contributed by atoms with Crippen molar-refractivity contribution in [3.05, 3.63) is 98.2 Å². The third-order valence-electron chi connectivity index (χ3n) is 7.65. The van der Waals surface area contributed by atoms with Gasteiger partial charge in [0.25, 0.3) is 0 Å². The number of carbonyl (C=O) groups excluding carboxylic acids is 2. The number of dihydropyridines is 1. The number of hydrogen-bond donors (Lipinski definition) is 1. The number of Topliss-reactive ketones (excluding diaryl/α,β-unsaturated/α-hetero) is 1. The molecule has 1 aliphatic heterocycles. The molecule has 0 bridgehead atoms. The predicted octanol–water partition coefficient (Wildman–Crippen LogP) is 5.44. The largest absolute Gasteiger partial charge is 0.497 e. The van der Waals surface area contributed by atoms with Gasteiger partial charge < -0.3 is 23.9 Å². The van der Waals surface area contributed by atoms with Crippen LogP contribution in [0.3, 0.4) is 0 Å². The lowest BCUT2D eigenvalue weighted by Gasteiger charge is -2.36. The van der Waals surface area contributed by atoms with E-state index < -0.39 is 11.9 Å². The molecule has 2 aliphatic rings. The van der Waals surface area contributed by atoms with E-state index >= 15 is 0 Å². The van der Waals surface area contributed by atoms with Gasteiger partial charge in [0.2, 0.25) is 0 Å². The highest BCUT2D eigenvalue weighted by atomic mass is 16.6. The number of aryl methyl sites for hydroxylation is 1. The summed E-state index contributed by atoms with van der Waals surface area (Å²) in [5.41, 5.74) is 4.13. The summed E-state index contributed by atoms with van der Waals surface area (Å²) in [6, 6.07) is 13.1. The van der Waals surface area contributed by atoms with Gasteiger partial charge in [-0.2, -0.15) is 0 Å². The molecule has 41 heavy (non-hydrogen) atoms. The van der Waals surface area contributed by atoms with Gasteiger partial charge >= 0.3 is 5.97 Å². The minimum atomic E-state index is -0.926. The molecule has 0 unspecified atom stereocenters. The number of carbonyl (C=O) groups is 2. The number of hydrogen-bond acceptors (Lipinski definition) is 8. The normalized spacial score (nSPS) is 18.9. The Morgan fingerprint density at radius 2 is 1.88 bits per heavy atom. The van der Waals surface area contributed by atoms with Gasteiger partial charge in [0, 0.05) is 29.0 Å². The molecule has 0 spiro atoms. The summed E-state index contributed by atoms with van der Waals surface area (Å²) in [7, 11) is 1.61. The molecule has 0 amide bonds. The maximum absolute atomic E-state index is 13.9. The van der Waals surface area contributed by atoms with E-state index in [1.807, 2.05) is 51.1 Å². The summed E-state index contributed by atoms with van der Waals surface area (Å²) in [6.45, 7) is 7.75. The highest BCUT2D eigenvalue weighted by molar-refractivity contribution is 6.04. The maximum Gasteiger partial charge on any atom is 0.336 e. The molecular formula is C33H35NO7. The zero-order chi connectivity index (χ0) is 29.3. The number of fused-ring (bicyclic) bond motifs is 1. The lowest BCUT2D eigenvalue weighted by molar-refractivity contribution is -0.141. The monoisotopic (exact) mass is 557 g/mol. The molecular weight excluding hydrogens is 522 g/mol. The Hall–Kier alpha value is -4.17. The Bertz CT molecular complexity index is 1630. The van der Waals surface area contributed by atoms with Gasteiger partial charge in [-0.15, -0.1) is 0 Å².